The average Bonchev–Trinajstić information content (AvgIpc) is 2.16. The van der Waals surface area contributed by atoms with Crippen LogP contribution in [0.1, 0.15) is 42.3 Å². The number of benzene rings is 1. The van der Waals surface area contributed by atoms with E-state index in [1.807, 2.05) is 13.8 Å². The molecule has 0 spiro atoms. The van der Waals surface area contributed by atoms with Gasteiger partial charge in [0.05, 0.1) is 0 Å². The summed E-state index contributed by atoms with van der Waals surface area (Å²) in [6, 6.07) is 2.99. The summed E-state index contributed by atoms with van der Waals surface area (Å²) in [7, 11) is 0. The van der Waals surface area contributed by atoms with Gasteiger partial charge >= 0.3 is 0 Å². The van der Waals surface area contributed by atoms with Gasteiger partial charge in [-0.05, 0) is 44.0 Å². The third-order valence-corrected chi connectivity index (χ3v) is 2.01. The fourth-order valence-electron chi connectivity index (χ4n) is 1.02. The molecule has 0 aliphatic carbocycles. The summed E-state index contributed by atoms with van der Waals surface area (Å²) >= 11 is 0. The molecule has 0 amide bonds. The number of aryl methyl sites for hydroxylation is 1. The highest BCUT2D eigenvalue weighted by Crippen LogP contribution is 2.14. The van der Waals surface area contributed by atoms with Gasteiger partial charge in [0.2, 0.25) is 0 Å². The molecule has 0 radical (unpaired) electrons. The molecule has 0 saturated heterocycles. The van der Waals surface area contributed by atoms with Crippen molar-refractivity contribution >= 4 is 5.78 Å². The lowest BCUT2D eigenvalue weighted by molar-refractivity contribution is 0.101. The van der Waals surface area contributed by atoms with Crippen molar-refractivity contribution in [1.29, 1.82) is 0 Å². The van der Waals surface area contributed by atoms with Gasteiger partial charge in [0.1, 0.15) is 5.82 Å². The maximum atomic E-state index is 13.0. The van der Waals surface area contributed by atoms with Crippen molar-refractivity contribution in [2.45, 2.75) is 34.6 Å². The topological polar surface area (TPSA) is 17.1 Å². The number of carbonyl (C=O) groups is 1. The predicted octanol–water partition coefficient (Wildman–Crippen LogP) is 3.67. The molecule has 1 aromatic rings. The first-order valence-electron chi connectivity index (χ1n) is 4.80. The highest BCUT2D eigenvalue weighted by molar-refractivity contribution is 5.94. The van der Waals surface area contributed by atoms with Gasteiger partial charge < -0.3 is 0 Å². The molecule has 2 heteroatoms. The first kappa shape index (κ1) is 12.8. The Hall–Kier alpha value is -1.18. The second-order valence-corrected chi connectivity index (χ2v) is 2.96. The number of hydrogen-bond donors (Lipinski definition) is 0. The third-order valence-electron chi connectivity index (χ3n) is 2.01. The Balaban J connectivity index is 0.000000791. The summed E-state index contributed by atoms with van der Waals surface area (Å²) in [5.74, 6) is -0.405. The summed E-state index contributed by atoms with van der Waals surface area (Å²) in [6.07, 6.45) is 0. The van der Waals surface area contributed by atoms with Crippen molar-refractivity contribution in [2.24, 2.45) is 0 Å². The van der Waals surface area contributed by atoms with Crippen LogP contribution in [0.2, 0.25) is 0 Å². The van der Waals surface area contributed by atoms with Crippen LogP contribution < -0.4 is 0 Å². The molecule has 0 unspecified atom stereocenters. The molecule has 0 atom stereocenters. The number of carbonyl (C=O) groups excluding carboxylic acids is 1. The van der Waals surface area contributed by atoms with Gasteiger partial charge in [-0.2, -0.15) is 0 Å². The Morgan fingerprint density at radius 2 is 1.71 bits per heavy atom. The smallest absolute Gasteiger partial charge is 0.159 e. The fraction of sp³-hybridized carbons (Fsp3) is 0.417. The molecule has 0 saturated carbocycles. The molecular weight excluding hydrogens is 179 g/mol. The molecule has 1 nitrogen and oxygen atoms in total. The van der Waals surface area contributed by atoms with E-state index in [2.05, 4.69) is 0 Å². The van der Waals surface area contributed by atoms with Crippen molar-refractivity contribution in [3.8, 4) is 0 Å². The molecule has 0 aromatic heterocycles. The third kappa shape index (κ3) is 2.95. The molecule has 0 aliphatic rings. The van der Waals surface area contributed by atoms with Gasteiger partial charge in [-0.1, -0.05) is 13.8 Å². The van der Waals surface area contributed by atoms with Gasteiger partial charge in [0.25, 0.3) is 0 Å². The van der Waals surface area contributed by atoms with Crippen molar-refractivity contribution in [3.63, 3.8) is 0 Å². The fourth-order valence-corrected chi connectivity index (χ4v) is 1.02. The van der Waals surface area contributed by atoms with Crippen molar-refractivity contribution in [1.82, 2.24) is 0 Å². The second-order valence-electron chi connectivity index (χ2n) is 2.96. The number of hydrogen-bond acceptors (Lipinski definition) is 1. The first-order chi connectivity index (χ1) is 6.52. The van der Waals surface area contributed by atoms with Gasteiger partial charge in [0, 0.05) is 5.56 Å². The molecule has 0 aliphatic heterocycles. The summed E-state index contributed by atoms with van der Waals surface area (Å²) in [5.41, 5.74) is 1.87. The molecule has 78 valence electrons. The molecule has 1 rings (SSSR count). The highest BCUT2D eigenvalue weighted by atomic mass is 19.1. The molecular formula is C12H17FO. The van der Waals surface area contributed by atoms with Crippen LogP contribution in [0.15, 0.2) is 12.1 Å². The van der Waals surface area contributed by atoms with Gasteiger partial charge in [0.15, 0.2) is 5.78 Å². The lowest BCUT2D eigenvalue weighted by atomic mass is 10.0. The second kappa shape index (κ2) is 5.53. The van der Waals surface area contributed by atoms with Crippen LogP contribution in [0.5, 0.6) is 0 Å². The number of rotatable bonds is 1. The van der Waals surface area contributed by atoms with Crippen LogP contribution in [-0.2, 0) is 0 Å². The van der Waals surface area contributed by atoms with Crippen LogP contribution in [0.25, 0.3) is 0 Å². The maximum Gasteiger partial charge on any atom is 0.159 e. The number of ketones is 1. The average molecular weight is 196 g/mol. The Labute approximate surface area is 85.0 Å². The van der Waals surface area contributed by atoms with E-state index in [0.29, 0.717) is 11.1 Å². The van der Waals surface area contributed by atoms with Crippen molar-refractivity contribution in [2.75, 3.05) is 0 Å². The largest absolute Gasteiger partial charge is 0.295 e. The van der Waals surface area contributed by atoms with Gasteiger partial charge in [-0.3, -0.25) is 4.79 Å². The number of Topliss-reactive ketones (excluding diaryl/α,β-unsaturated/α-hetero) is 1. The van der Waals surface area contributed by atoms with Crippen LogP contribution >= 0.6 is 0 Å². The molecule has 0 heterocycles. The van der Waals surface area contributed by atoms with E-state index in [1.54, 1.807) is 19.9 Å². The van der Waals surface area contributed by atoms with Crippen molar-refractivity contribution < 1.29 is 9.18 Å². The van der Waals surface area contributed by atoms with Gasteiger partial charge in [-0.25, -0.2) is 4.39 Å². The standard InChI is InChI=1S/C10H11FO.C2H6/c1-6-4-9(8(3)12)5-10(11)7(6)2;1-2/h4-5H,1-3H3;1-2H3. The van der Waals surface area contributed by atoms with Crippen LogP contribution in [-0.4, -0.2) is 5.78 Å². The lowest BCUT2D eigenvalue weighted by Crippen LogP contribution is -1.96. The quantitative estimate of drug-likeness (QED) is 0.626. The minimum atomic E-state index is -0.305. The number of halogens is 1. The molecule has 0 bridgehead atoms. The SMILES string of the molecule is CC.CC(=O)c1cc(C)c(C)c(F)c1. The van der Waals surface area contributed by atoms with E-state index in [9.17, 15) is 9.18 Å². The Kier molecular flexibility index (Phi) is 5.06. The minimum absolute atomic E-state index is 0.1000. The van der Waals surface area contributed by atoms with E-state index < -0.39 is 0 Å². The normalized spacial score (nSPS) is 9.00. The predicted molar refractivity (Wildman–Crippen MR) is 57.2 cm³/mol. The van der Waals surface area contributed by atoms with E-state index in [1.165, 1.54) is 13.0 Å². The summed E-state index contributed by atoms with van der Waals surface area (Å²) in [4.78, 5) is 10.9. The van der Waals surface area contributed by atoms with Gasteiger partial charge in [-0.15, -0.1) is 0 Å². The molecule has 1 aromatic carbocycles. The maximum absolute atomic E-state index is 13.0. The van der Waals surface area contributed by atoms with E-state index in [0.717, 1.165) is 5.56 Å². The summed E-state index contributed by atoms with van der Waals surface area (Å²) < 4.78 is 13.0. The molecule has 0 N–H and O–H groups in total. The first-order valence-corrected chi connectivity index (χ1v) is 4.80. The van der Waals surface area contributed by atoms with Crippen molar-refractivity contribution in [3.05, 3.63) is 34.6 Å². The van der Waals surface area contributed by atoms with E-state index in [-0.39, 0.29) is 11.6 Å². The summed E-state index contributed by atoms with van der Waals surface area (Å²) in [6.45, 7) is 8.93. The van der Waals surface area contributed by atoms with E-state index >= 15 is 0 Å². The molecule has 0 fully saturated rings. The zero-order chi connectivity index (χ0) is 11.3. The van der Waals surface area contributed by atoms with E-state index in [4.69, 9.17) is 0 Å². The Morgan fingerprint density at radius 1 is 1.21 bits per heavy atom. The monoisotopic (exact) mass is 196 g/mol. The molecule has 14 heavy (non-hydrogen) atoms. The highest BCUT2D eigenvalue weighted by Gasteiger charge is 2.06. The Morgan fingerprint density at radius 3 is 2.07 bits per heavy atom. The zero-order valence-corrected chi connectivity index (χ0v) is 9.44. The zero-order valence-electron chi connectivity index (χ0n) is 9.44. The van der Waals surface area contributed by atoms with Crippen LogP contribution in [0.4, 0.5) is 4.39 Å². The summed E-state index contributed by atoms with van der Waals surface area (Å²) in [5, 5.41) is 0. The minimum Gasteiger partial charge on any atom is -0.295 e. The van der Waals surface area contributed by atoms with Crippen LogP contribution in [0.3, 0.4) is 0 Å². The Bertz CT molecular complexity index is 306. The lowest BCUT2D eigenvalue weighted by Gasteiger charge is -2.03. The van der Waals surface area contributed by atoms with Crippen LogP contribution in [0, 0.1) is 19.7 Å².